The van der Waals surface area contributed by atoms with Gasteiger partial charge in [-0.3, -0.25) is 0 Å². The molecule has 15 heteroatoms. The summed E-state index contributed by atoms with van der Waals surface area (Å²) in [5.41, 5.74) is 20.4. The normalized spacial score (nSPS) is 11.1. The largest absolute Gasteiger partial charge is 2.00 e. The van der Waals surface area contributed by atoms with E-state index in [9.17, 15) is 8.42 Å². The Morgan fingerprint density at radius 1 is 0.507 bits per heavy atom. The maximum atomic E-state index is 11.0. The Labute approximate surface area is 413 Å². The first-order valence-electron chi connectivity index (χ1n) is 22.7. The zero-order valence-electron chi connectivity index (χ0n) is 39.4. The van der Waals surface area contributed by atoms with Gasteiger partial charge in [-0.15, -0.1) is 22.1 Å². The van der Waals surface area contributed by atoms with E-state index in [-0.39, 0.29) is 35.5 Å². The molecule has 0 spiro atoms. The van der Waals surface area contributed by atoms with Crippen molar-refractivity contribution in [3.63, 3.8) is 0 Å². The molecular weight excluding hydrogens is 930 g/mol. The van der Waals surface area contributed by atoms with Gasteiger partial charge >= 0.3 is 17.1 Å². The minimum Gasteiger partial charge on any atom is -0.657 e. The fourth-order valence-corrected chi connectivity index (χ4v) is 8.52. The SMILES string of the molecule is CC.CC.Cc1ccc(C)c(Nc2nc(N)nc(NCCNS(C)(=O)=O)n2)c1.[Cu+2].c1ccc2c(c1)-c1cc3[n-]c(cc4nc(cc5[n-]c(cc-2n1)c1ccccc51)-c1ccccc1-4)c1ccccc31. The number of nitrogens with two attached hydrogens (primary N) is 1. The number of anilines is 4. The fourth-order valence-electron chi connectivity index (χ4n) is 8.05. The Kier molecular flexibility index (Phi) is 15.6. The third kappa shape index (κ3) is 11.0. The molecule has 2 aliphatic rings. The molecule has 0 atom stereocenters. The molecule has 8 bridgehead atoms. The summed E-state index contributed by atoms with van der Waals surface area (Å²) < 4.78 is 24.4. The Bertz CT molecular complexity index is 3270. The number of fused-ring (bicyclic) bond motifs is 20. The van der Waals surface area contributed by atoms with E-state index in [1.165, 1.54) is 0 Å². The molecule has 0 amide bonds. The van der Waals surface area contributed by atoms with Crippen molar-refractivity contribution >= 4 is 77.2 Å². The summed E-state index contributed by atoms with van der Waals surface area (Å²) in [6.45, 7) is 12.5. The number of nitrogen functional groups attached to an aromatic ring is 1. The minimum absolute atomic E-state index is 0. The second-order valence-corrected chi connectivity index (χ2v) is 17.5. The average Bonchev–Trinajstić information content (AvgIpc) is 4.09. The molecule has 1 radical (unpaired) electrons. The summed E-state index contributed by atoms with van der Waals surface area (Å²) in [7, 11) is -3.22. The van der Waals surface area contributed by atoms with Gasteiger partial charge in [-0.2, -0.15) is 15.0 Å². The molecule has 5 aromatic carbocycles. The van der Waals surface area contributed by atoms with Crippen molar-refractivity contribution in [3.05, 3.63) is 151 Å². The molecule has 0 saturated heterocycles. The molecule has 353 valence electrons. The second kappa shape index (κ2) is 21.7. The van der Waals surface area contributed by atoms with Crippen LogP contribution >= 0.6 is 0 Å². The minimum atomic E-state index is -3.22. The van der Waals surface area contributed by atoms with Crippen molar-refractivity contribution in [3.8, 4) is 45.0 Å². The molecule has 4 aromatic heterocycles. The van der Waals surface area contributed by atoms with E-state index in [2.05, 4.69) is 152 Å². The van der Waals surface area contributed by atoms with Gasteiger partial charge in [-0.05, 0) is 76.9 Å². The van der Waals surface area contributed by atoms with Crippen LogP contribution in [0.1, 0.15) is 38.8 Å². The first-order valence-corrected chi connectivity index (χ1v) is 24.6. The van der Waals surface area contributed by atoms with Crippen molar-refractivity contribution in [2.75, 3.05) is 35.7 Å². The Morgan fingerprint density at radius 2 is 0.899 bits per heavy atom. The summed E-state index contributed by atoms with van der Waals surface area (Å²) in [6, 6.07) is 48.1. The number of hydrogen-bond donors (Lipinski definition) is 4. The molecule has 0 saturated carbocycles. The number of aryl methyl sites for hydroxylation is 2. The van der Waals surface area contributed by atoms with Crippen LogP contribution in [0.4, 0.5) is 23.5 Å². The van der Waals surface area contributed by atoms with Crippen LogP contribution in [0, 0.1) is 13.8 Å². The van der Waals surface area contributed by atoms with E-state index in [0.29, 0.717) is 12.5 Å². The van der Waals surface area contributed by atoms with Gasteiger partial charge < -0.3 is 26.3 Å². The quantitative estimate of drug-likeness (QED) is 0.0875. The molecule has 0 aliphatic carbocycles. The zero-order chi connectivity index (χ0) is 48.0. The van der Waals surface area contributed by atoms with Gasteiger partial charge in [0.15, 0.2) is 0 Å². The first kappa shape index (κ1) is 49.5. The van der Waals surface area contributed by atoms with Crippen LogP contribution in [0.5, 0.6) is 0 Å². The standard InChI is InChI=1S/C36H20N4.C14H21N7O2S.2C2H6.Cu/c1-2-10-22-21(9-1)29-17-31-23-11-3-4-12-24(23)33(38-31)19-35-27-15-7-8-16-28(27)36(40-35)20-34-26-14-6-5-13-25(26)32(39-34)18-30(22)37-29;1-9-4-5-10(2)11(8-9)18-14-20-12(15)19-13(21-14)16-6-7-17-24(3,22)23;2*1-2;/h1-20H;4-5,8,17H,6-7H2,1-3H3,(H4,15,16,18,19,20,21);2*1-2H3;/q-2;;;;+2. The van der Waals surface area contributed by atoms with Gasteiger partial charge in [0.1, 0.15) is 0 Å². The topological polar surface area (TPSA) is 189 Å². The van der Waals surface area contributed by atoms with Gasteiger partial charge in [-0.25, -0.2) is 23.1 Å². The van der Waals surface area contributed by atoms with E-state index >= 15 is 0 Å². The van der Waals surface area contributed by atoms with Gasteiger partial charge in [-0.1, -0.05) is 137 Å². The predicted molar refractivity (Wildman–Crippen MR) is 280 cm³/mol. The summed E-state index contributed by atoms with van der Waals surface area (Å²) >= 11 is 0. The molecule has 9 aromatic rings. The Morgan fingerprint density at radius 3 is 1.30 bits per heavy atom. The van der Waals surface area contributed by atoms with E-state index in [4.69, 9.17) is 25.7 Å². The predicted octanol–water partition coefficient (Wildman–Crippen LogP) is 11.4. The molecule has 2 aliphatic heterocycles. The van der Waals surface area contributed by atoms with Crippen LogP contribution in [0.2, 0.25) is 0 Å². The maximum Gasteiger partial charge on any atom is 2.00 e. The van der Waals surface area contributed by atoms with Crippen molar-refractivity contribution in [1.29, 1.82) is 0 Å². The Hall–Kier alpha value is -7.42. The molecule has 69 heavy (non-hydrogen) atoms. The molecule has 11 rings (SSSR count). The molecule has 0 unspecified atom stereocenters. The fraction of sp³-hybridized carbons (Fsp3) is 0.167. The smallest absolute Gasteiger partial charge is 0.657 e. The Balaban J connectivity index is 0.000000210. The van der Waals surface area contributed by atoms with E-state index < -0.39 is 10.0 Å². The number of hydrogen-bond acceptors (Lipinski definition) is 10. The summed E-state index contributed by atoms with van der Waals surface area (Å²) in [4.78, 5) is 32.8. The van der Waals surface area contributed by atoms with Crippen molar-refractivity contribution in [2.45, 2.75) is 41.5 Å². The number of nitrogens with zero attached hydrogens (tertiary/aromatic N) is 7. The monoisotopic (exact) mass is 982 g/mol. The summed E-state index contributed by atoms with van der Waals surface area (Å²) in [5, 5.41) is 10.4. The van der Waals surface area contributed by atoms with Crippen molar-refractivity contribution < 1.29 is 25.5 Å². The van der Waals surface area contributed by atoms with Crippen LogP contribution in [0.25, 0.3) is 88.6 Å². The summed E-state index contributed by atoms with van der Waals surface area (Å²) in [5.74, 6) is 0.650. The van der Waals surface area contributed by atoms with Crippen LogP contribution in [-0.4, -0.2) is 52.7 Å². The number of sulfonamides is 1. The van der Waals surface area contributed by atoms with Gasteiger partial charge in [0.05, 0.1) is 29.0 Å². The van der Waals surface area contributed by atoms with Crippen molar-refractivity contribution in [1.82, 2.24) is 39.6 Å². The molecule has 6 heterocycles. The average molecular weight is 984 g/mol. The number of nitrogens with one attached hydrogen (secondary N) is 3. The van der Waals surface area contributed by atoms with Crippen LogP contribution in [0.15, 0.2) is 140 Å². The zero-order valence-corrected chi connectivity index (χ0v) is 41.2. The number of aromatic nitrogens is 7. The first-order chi connectivity index (χ1) is 33.0. The van der Waals surface area contributed by atoms with E-state index in [1.54, 1.807) is 0 Å². The van der Waals surface area contributed by atoms with Crippen LogP contribution in [-0.2, 0) is 27.1 Å². The molecule has 0 fully saturated rings. The van der Waals surface area contributed by atoms with Crippen molar-refractivity contribution in [2.24, 2.45) is 0 Å². The van der Waals surface area contributed by atoms with Gasteiger partial charge in [0.25, 0.3) is 0 Å². The third-order valence-electron chi connectivity index (χ3n) is 11.0. The van der Waals surface area contributed by atoms with Crippen LogP contribution in [0.3, 0.4) is 0 Å². The van der Waals surface area contributed by atoms with Gasteiger partial charge in [0, 0.05) is 41.0 Å². The second-order valence-electron chi connectivity index (χ2n) is 15.7. The van der Waals surface area contributed by atoms with Crippen LogP contribution < -0.4 is 31.1 Å². The third-order valence-corrected chi connectivity index (χ3v) is 11.8. The number of rotatable bonds is 7. The molecule has 13 nitrogen and oxygen atoms in total. The number of benzene rings is 5. The molecular formula is C54H53CuN11O2S. The maximum absolute atomic E-state index is 11.0. The molecule has 5 N–H and O–H groups in total. The van der Waals surface area contributed by atoms with Gasteiger partial charge in [0.2, 0.25) is 27.9 Å². The van der Waals surface area contributed by atoms with E-state index in [1.807, 2.05) is 59.7 Å². The summed E-state index contributed by atoms with van der Waals surface area (Å²) in [6.07, 6.45) is 1.10. The van der Waals surface area contributed by atoms with E-state index in [0.717, 1.165) is 112 Å².